The van der Waals surface area contributed by atoms with E-state index in [-0.39, 0.29) is 0 Å². The van der Waals surface area contributed by atoms with E-state index in [0.717, 1.165) is 13.8 Å². The van der Waals surface area contributed by atoms with E-state index in [9.17, 15) is 27.6 Å². The average molecular weight is 339 g/mol. The van der Waals surface area contributed by atoms with Gasteiger partial charge in [0.1, 0.15) is 16.3 Å². The standard InChI is InChI=1S/C9H11ClN4O6S/c1-8(4(15)11-6(17)13-8)3(21(10,19)20)9(2)5(16)12-7(18)14-9/h3H,1-2H3,(H2,11,13,15,17)(H2,12,14,16,18). The van der Waals surface area contributed by atoms with Gasteiger partial charge in [0.2, 0.25) is 9.05 Å². The van der Waals surface area contributed by atoms with Crippen molar-refractivity contribution in [2.45, 2.75) is 30.2 Å². The fraction of sp³-hybridized carbons (Fsp3) is 0.556. The summed E-state index contributed by atoms with van der Waals surface area (Å²) in [6.07, 6.45) is 0. The lowest BCUT2D eigenvalue weighted by Gasteiger charge is -2.37. The number of hydrogen-bond donors (Lipinski definition) is 4. The van der Waals surface area contributed by atoms with Crippen LogP contribution in [0.15, 0.2) is 0 Å². The summed E-state index contributed by atoms with van der Waals surface area (Å²) in [7, 11) is 0.834. The van der Waals surface area contributed by atoms with Gasteiger partial charge >= 0.3 is 12.1 Å². The Kier molecular flexibility index (Phi) is 3.18. The molecule has 10 nitrogen and oxygen atoms in total. The Morgan fingerprint density at radius 3 is 1.43 bits per heavy atom. The SMILES string of the molecule is CC1(C(C2(C)NC(=O)NC2=O)S(=O)(=O)Cl)NC(=O)NC1=O. The first-order valence-electron chi connectivity index (χ1n) is 5.62. The maximum Gasteiger partial charge on any atom is 0.322 e. The Morgan fingerprint density at radius 1 is 0.905 bits per heavy atom. The van der Waals surface area contributed by atoms with E-state index in [0.29, 0.717) is 0 Å². The Morgan fingerprint density at radius 2 is 1.24 bits per heavy atom. The molecule has 2 unspecified atom stereocenters. The lowest BCUT2D eigenvalue weighted by Crippen LogP contribution is -2.69. The van der Waals surface area contributed by atoms with Crippen molar-refractivity contribution in [1.29, 1.82) is 0 Å². The van der Waals surface area contributed by atoms with Crippen LogP contribution in [0.5, 0.6) is 0 Å². The maximum atomic E-state index is 11.9. The average Bonchev–Trinajstić information content (AvgIpc) is 2.62. The second kappa shape index (κ2) is 4.31. The fourth-order valence-corrected chi connectivity index (χ4v) is 5.15. The summed E-state index contributed by atoms with van der Waals surface area (Å²) in [6, 6.07) is -1.86. The molecule has 2 fully saturated rings. The van der Waals surface area contributed by atoms with Gasteiger partial charge in [-0.2, -0.15) is 0 Å². The second-order valence-corrected chi connectivity index (χ2v) is 7.79. The van der Waals surface area contributed by atoms with E-state index in [2.05, 4.69) is 10.6 Å². The van der Waals surface area contributed by atoms with Crippen molar-refractivity contribution in [3.05, 3.63) is 0 Å². The Bertz CT molecular complexity index is 636. The van der Waals surface area contributed by atoms with Crippen LogP contribution in [-0.2, 0) is 18.6 Å². The van der Waals surface area contributed by atoms with Gasteiger partial charge in [0.15, 0.2) is 0 Å². The highest BCUT2D eigenvalue weighted by atomic mass is 35.7. The van der Waals surface area contributed by atoms with E-state index in [4.69, 9.17) is 10.7 Å². The first-order chi connectivity index (χ1) is 9.41. The molecule has 0 aliphatic carbocycles. The Hall–Kier alpha value is -1.88. The molecule has 0 aromatic heterocycles. The number of urea groups is 2. The van der Waals surface area contributed by atoms with Crippen molar-refractivity contribution < 1.29 is 27.6 Å². The number of hydrogen-bond acceptors (Lipinski definition) is 6. The molecule has 0 radical (unpaired) electrons. The predicted molar refractivity (Wildman–Crippen MR) is 68.7 cm³/mol. The van der Waals surface area contributed by atoms with Gasteiger partial charge in [-0.25, -0.2) is 18.0 Å². The third-order valence-electron chi connectivity index (χ3n) is 3.47. The Labute approximate surface area is 123 Å². The number of halogens is 1. The molecule has 12 heteroatoms. The molecule has 0 aromatic rings. The summed E-state index contributed by atoms with van der Waals surface area (Å²) < 4.78 is 23.8. The van der Waals surface area contributed by atoms with Gasteiger partial charge < -0.3 is 10.6 Å². The van der Waals surface area contributed by atoms with Gasteiger partial charge in [0, 0.05) is 10.7 Å². The van der Waals surface area contributed by atoms with Gasteiger partial charge in [-0.3, -0.25) is 20.2 Å². The summed E-state index contributed by atoms with van der Waals surface area (Å²) in [5, 5.41) is 6.08. The van der Waals surface area contributed by atoms with Crippen molar-refractivity contribution in [3.63, 3.8) is 0 Å². The van der Waals surface area contributed by atoms with Crippen LogP contribution < -0.4 is 21.3 Å². The lowest BCUT2D eigenvalue weighted by atomic mass is 9.83. The normalized spacial score (nSPS) is 34.0. The van der Waals surface area contributed by atoms with Crippen LogP contribution in [0.1, 0.15) is 13.8 Å². The maximum absolute atomic E-state index is 11.9. The number of carbonyl (C=O) groups excluding carboxylic acids is 4. The monoisotopic (exact) mass is 338 g/mol. The van der Waals surface area contributed by atoms with Gasteiger partial charge in [0.25, 0.3) is 11.8 Å². The number of imide groups is 2. The van der Waals surface area contributed by atoms with Crippen LogP contribution in [0.4, 0.5) is 9.59 Å². The van der Waals surface area contributed by atoms with Crippen LogP contribution in [0.25, 0.3) is 0 Å². The minimum absolute atomic E-state index is 0.929. The summed E-state index contributed by atoms with van der Waals surface area (Å²) in [5.74, 6) is -1.95. The van der Waals surface area contributed by atoms with Crippen molar-refractivity contribution in [2.24, 2.45) is 0 Å². The van der Waals surface area contributed by atoms with E-state index in [1.54, 1.807) is 0 Å². The first kappa shape index (κ1) is 15.5. The fourth-order valence-electron chi connectivity index (χ4n) is 2.62. The van der Waals surface area contributed by atoms with E-state index < -0.39 is 49.3 Å². The molecule has 0 spiro atoms. The molecule has 2 rings (SSSR count). The molecule has 6 amide bonds. The lowest BCUT2D eigenvalue weighted by molar-refractivity contribution is -0.126. The van der Waals surface area contributed by atoms with Crippen molar-refractivity contribution in [2.75, 3.05) is 0 Å². The van der Waals surface area contributed by atoms with Gasteiger partial charge in [0.05, 0.1) is 0 Å². The molecule has 2 atom stereocenters. The minimum Gasteiger partial charge on any atom is -0.322 e. The topological polar surface area (TPSA) is 151 Å². The van der Waals surface area contributed by atoms with Gasteiger partial charge in [-0.1, -0.05) is 0 Å². The zero-order valence-electron chi connectivity index (χ0n) is 10.8. The highest BCUT2D eigenvalue weighted by molar-refractivity contribution is 8.14. The van der Waals surface area contributed by atoms with E-state index >= 15 is 0 Å². The summed E-state index contributed by atoms with van der Waals surface area (Å²) in [6.45, 7) is 2.20. The first-order valence-corrected chi connectivity index (χ1v) is 7.99. The smallest absolute Gasteiger partial charge is 0.322 e. The number of rotatable bonds is 3. The molecule has 21 heavy (non-hydrogen) atoms. The third kappa shape index (κ3) is 2.21. The quantitative estimate of drug-likeness (QED) is 0.349. The molecule has 2 saturated heterocycles. The molecule has 4 N–H and O–H groups in total. The van der Waals surface area contributed by atoms with Crippen LogP contribution in [0.3, 0.4) is 0 Å². The van der Waals surface area contributed by atoms with Gasteiger partial charge in [-0.05, 0) is 13.8 Å². The summed E-state index contributed by atoms with van der Waals surface area (Å²) in [5.41, 5.74) is -4.05. The number of amides is 6. The van der Waals surface area contributed by atoms with Crippen molar-refractivity contribution in [1.82, 2.24) is 21.3 Å². The molecule has 2 aliphatic rings. The van der Waals surface area contributed by atoms with Crippen LogP contribution in [0, 0.1) is 0 Å². The Balaban J connectivity index is 2.62. The molecular weight excluding hydrogens is 328 g/mol. The predicted octanol–water partition coefficient (Wildman–Crippen LogP) is -1.88. The molecule has 2 aliphatic heterocycles. The second-order valence-electron chi connectivity index (χ2n) is 5.08. The van der Waals surface area contributed by atoms with Crippen molar-refractivity contribution >= 4 is 43.6 Å². The third-order valence-corrected chi connectivity index (χ3v) is 5.51. The van der Waals surface area contributed by atoms with Crippen LogP contribution >= 0.6 is 10.7 Å². The van der Waals surface area contributed by atoms with E-state index in [1.807, 2.05) is 10.6 Å². The number of nitrogens with one attached hydrogen (secondary N) is 4. The highest BCUT2D eigenvalue weighted by Crippen LogP contribution is 2.34. The zero-order valence-corrected chi connectivity index (χ0v) is 12.4. The van der Waals surface area contributed by atoms with Gasteiger partial charge in [-0.15, -0.1) is 0 Å². The molecule has 0 saturated carbocycles. The molecule has 2 heterocycles. The molecule has 116 valence electrons. The minimum atomic E-state index is -4.54. The zero-order chi connectivity index (χ0) is 16.2. The number of carbonyl (C=O) groups is 4. The summed E-state index contributed by atoms with van der Waals surface area (Å²) in [4.78, 5) is 46.4. The molecule has 0 bridgehead atoms. The van der Waals surface area contributed by atoms with Crippen LogP contribution in [-0.4, -0.2) is 48.6 Å². The largest absolute Gasteiger partial charge is 0.322 e. The van der Waals surface area contributed by atoms with E-state index in [1.165, 1.54) is 0 Å². The summed E-state index contributed by atoms with van der Waals surface area (Å²) >= 11 is 0. The van der Waals surface area contributed by atoms with Crippen LogP contribution in [0.2, 0.25) is 0 Å². The van der Waals surface area contributed by atoms with Crippen molar-refractivity contribution in [3.8, 4) is 0 Å². The highest BCUT2D eigenvalue weighted by Gasteiger charge is 2.65. The molecule has 0 aromatic carbocycles. The molecular formula is C9H11ClN4O6S.